The standard InChI is InChI=1S/C16H22BrNO2/c1-16(2,3)20-15(19)18-14-8-5-11-4-7-13(17)10-12(11)6-9-14/h4,7,10,14H,5-6,8-9H2,1-3H3,(H,18,19). The molecule has 0 saturated heterocycles. The summed E-state index contributed by atoms with van der Waals surface area (Å²) in [5.41, 5.74) is 2.33. The number of nitrogens with one attached hydrogen (secondary N) is 1. The average molecular weight is 340 g/mol. The molecule has 1 aliphatic carbocycles. The van der Waals surface area contributed by atoms with E-state index in [2.05, 4.69) is 39.4 Å². The number of amides is 1. The number of alkyl carbamates (subject to hydrolysis) is 1. The Morgan fingerprint density at radius 3 is 2.55 bits per heavy atom. The summed E-state index contributed by atoms with van der Waals surface area (Å²) in [4.78, 5) is 11.8. The Morgan fingerprint density at radius 1 is 1.25 bits per heavy atom. The van der Waals surface area contributed by atoms with E-state index in [0.29, 0.717) is 0 Å². The zero-order valence-corrected chi connectivity index (χ0v) is 13.9. The smallest absolute Gasteiger partial charge is 0.407 e. The van der Waals surface area contributed by atoms with Gasteiger partial charge in [-0.1, -0.05) is 22.0 Å². The van der Waals surface area contributed by atoms with Gasteiger partial charge in [0.1, 0.15) is 5.60 Å². The molecule has 0 radical (unpaired) electrons. The van der Waals surface area contributed by atoms with Crippen molar-refractivity contribution in [2.75, 3.05) is 0 Å². The van der Waals surface area contributed by atoms with Crippen LogP contribution in [0.4, 0.5) is 4.79 Å². The number of hydrogen-bond donors (Lipinski definition) is 1. The van der Waals surface area contributed by atoms with Crippen LogP contribution < -0.4 is 5.32 Å². The molecule has 1 unspecified atom stereocenters. The van der Waals surface area contributed by atoms with E-state index in [1.165, 1.54) is 11.1 Å². The summed E-state index contributed by atoms with van der Waals surface area (Å²) >= 11 is 3.51. The molecule has 1 amide bonds. The number of hydrogen-bond acceptors (Lipinski definition) is 2. The molecule has 110 valence electrons. The summed E-state index contributed by atoms with van der Waals surface area (Å²) in [6.45, 7) is 5.65. The normalized spacial score (nSPS) is 18.9. The van der Waals surface area contributed by atoms with Gasteiger partial charge in [-0.3, -0.25) is 0 Å². The van der Waals surface area contributed by atoms with Crippen LogP contribution in [0.3, 0.4) is 0 Å². The molecule has 0 fully saturated rings. The van der Waals surface area contributed by atoms with E-state index in [1.807, 2.05) is 20.8 Å². The first-order chi connectivity index (χ1) is 9.33. The van der Waals surface area contributed by atoms with Gasteiger partial charge in [0.05, 0.1) is 0 Å². The van der Waals surface area contributed by atoms with Crippen molar-refractivity contribution in [2.45, 2.75) is 58.1 Å². The molecule has 1 N–H and O–H groups in total. The number of carbonyl (C=O) groups is 1. The Balaban J connectivity index is 1.94. The third-order valence-electron chi connectivity index (χ3n) is 3.41. The minimum Gasteiger partial charge on any atom is -0.444 e. The number of ether oxygens (including phenoxy) is 1. The Labute approximate surface area is 129 Å². The molecule has 0 saturated carbocycles. The minimum absolute atomic E-state index is 0.191. The van der Waals surface area contributed by atoms with Gasteiger partial charge in [-0.15, -0.1) is 0 Å². The SMILES string of the molecule is CC(C)(C)OC(=O)NC1CCc2ccc(Br)cc2CC1. The minimum atomic E-state index is -0.442. The number of halogens is 1. The van der Waals surface area contributed by atoms with Crippen molar-refractivity contribution in [3.05, 3.63) is 33.8 Å². The van der Waals surface area contributed by atoms with Crippen molar-refractivity contribution in [3.8, 4) is 0 Å². The molecule has 0 aromatic heterocycles. The van der Waals surface area contributed by atoms with E-state index in [9.17, 15) is 4.79 Å². The lowest BCUT2D eigenvalue weighted by Crippen LogP contribution is -2.39. The van der Waals surface area contributed by atoms with Crippen LogP contribution in [0.5, 0.6) is 0 Å². The molecule has 0 aliphatic heterocycles. The largest absolute Gasteiger partial charge is 0.444 e. The molecule has 0 bridgehead atoms. The van der Waals surface area contributed by atoms with Crippen molar-refractivity contribution in [1.29, 1.82) is 0 Å². The highest BCUT2D eigenvalue weighted by Crippen LogP contribution is 2.24. The van der Waals surface area contributed by atoms with Crippen LogP contribution in [-0.4, -0.2) is 17.7 Å². The second-order valence-electron chi connectivity index (χ2n) is 6.33. The molecule has 1 aliphatic rings. The van der Waals surface area contributed by atoms with Gasteiger partial charge < -0.3 is 10.1 Å². The fourth-order valence-electron chi connectivity index (χ4n) is 2.49. The molecule has 1 atom stereocenters. The summed E-state index contributed by atoms with van der Waals surface area (Å²) < 4.78 is 6.44. The van der Waals surface area contributed by atoms with Gasteiger partial charge in [0.15, 0.2) is 0 Å². The fraction of sp³-hybridized carbons (Fsp3) is 0.562. The zero-order valence-electron chi connectivity index (χ0n) is 12.3. The van der Waals surface area contributed by atoms with Crippen molar-refractivity contribution in [3.63, 3.8) is 0 Å². The monoisotopic (exact) mass is 339 g/mol. The molecule has 1 aromatic carbocycles. The molecule has 0 spiro atoms. The van der Waals surface area contributed by atoms with E-state index in [1.54, 1.807) is 0 Å². The molecular formula is C16H22BrNO2. The highest BCUT2D eigenvalue weighted by molar-refractivity contribution is 9.10. The lowest BCUT2D eigenvalue weighted by Gasteiger charge is -2.22. The highest BCUT2D eigenvalue weighted by atomic mass is 79.9. The van der Waals surface area contributed by atoms with E-state index in [-0.39, 0.29) is 12.1 Å². The summed E-state index contributed by atoms with van der Waals surface area (Å²) in [7, 11) is 0. The Bertz CT molecular complexity index is 494. The van der Waals surface area contributed by atoms with Gasteiger partial charge in [0.2, 0.25) is 0 Å². The Kier molecular flexibility index (Phi) is 4.74. The molecular weight excluding hydrogens is 318 g/mol. The maximum Gasteiger partial charge on any atom is 0.407 e. The van der Waals surface area contributed by atoms with Crippen LogP contribution in [-0.2, 0) is 17.6 Å². The Hall–Kier alpha value is -1.03. The average Bonchev–Trinajstić information content (AvgIpc) is 2.49. The maximum atomic E-state index is 11.8. The first-order valence-electron chi connectivity index (χ1n) is 7.10. The van der Waals surface area contributed by atoms with Crippen molar-refractivity contribution in [1.82, 2.24) is 5.32 Å². The van der Waals surface area contributed by atoms with Crippen LogP contribution in [0, 0.1) is 0 Å². The number of aryl methyl sites for hydroxylation is 2. The molecule has 1 aromatic rings. The summed E-state index contributed by atoms with van der Waals surface area (Å²) in [6.07, 6.45) is 3.61. The van der Waals surface area contributed by atoms with Gasteiger partial charge in [-0.05, 0) is 69.7 Å². The van der Waals surface area contributed by atoms with Crippen molar-refractivity contribution < 1.29 is 9.53 Å². The third kappa shape index (κ3) is 4.51. The van der Waals surface area contributed by atoms with Crippen LogP contribution in [0.25, 0.3) is 0 Å². The lowest BCUT2D eigenvalue weighted by molar-refractivity contribution is 0.0500. The first kappa shape index (κ1) is 15.4. The summed E-state index contributed by atoms with van der Waals surface area (Å²) in [6, 6.07) is 6.64. The Morgan fingerprint density at radius 2 is 1.90 bits per heavy atom. The van der Waals surface area contributed by atoms with Gasteiger partial charge in [-0.25, -0.2) is 4.79 Å². The van der Waals surface area contributed by atoms with Crippen molar-refractivity contribution >= 4 is 22.0 Å². The fourth-order valence-corrected chi connectivity index (χ4v) is 2.90. The predicted molar refractivity (Wildman–Crippen MR) is 83.9 cm³/mol. The second-order valence-corrected chi connectivity index (χ2v) is 7.25. The summed E-state index contributed by atoms with van der Waals surface area (Å²) in [5, 5.41) is 2.99. The van der Waals surface area contributed by atoms with Gasteiger partial charge in [0, 0.05) is 10.5 Å². The van der Waals surface area contributed by atoms with Crippen LogP contribution >= 0.6 is 15.9 Å². The topological polar surface area (TPSA) is 38.3 Å². The number of rotatable bonds is 1. The number of carbonyl (C=O) groups excluding carboxylic acids is 1. The summed E-state index contributed by atoms with van der Waals surface area (Å²) in [5.74, 6) is 0. The van der Waals surface area contributed by atoms with Gasteiger partial charge in [0.25, 0.3) is 0 Å². The van der Waals surface area contributed by atoms with E-state index in [0.717, 1.165) is 30.2 Å². The maximum absolute atomic E-state index is 11.8. The lowest BCUT2D eigenvalue weighted by atomic mass is 10.0. The second kappa shape index (κ2) is 6.17. The number of benzene rings is 1. The molecule has 20 heavy (non-hydrogen) atoms. The molecule has 3 nitrogen and oxygen atoms in total. The highest BCUT2D eigenvalue weighted by Gasteiger charge is 2.21. The first-order valence-corrected chi connectivity index (χ1v) is 7.89. The van der Waals surface area contributed by atoms with Crippen LogP contribution in [0.2, 0.25) is 0 Å². The molecule has 2 rings (SSSR count). The predicted octanol–water partition coefficient (Wildman–Crippen LogP) is 4.22. The van der Waals surface area contributed by atoms with Gasteiger partial charge in [-0.2, -0.15) is 0 Å². The molecule has 0 heterocycles. The number of fused-ring (bicyclic) bond motifs is 1. The zero-order chi connectivity index (χ0) is 14.8. The van der Waals surface area contributed by atoms with Gasteiger partial charge >= 0.3 is 6.09 Å². The third-order valence-corrected chi connectivity index (χ3v) is 3.91. The van der Waals surface area contributed by atoms with Crippen LogP contribution in [0.1, 0.15) is 44.7 Å². The molecule has 4 heteroatoms. The van der Waals surface area contributed by atoms with E-state index in [4.69, 9.17) is 4.74 Å². The quantitative estimate of drug-likeness (QED) is 0.778. The van der Waals surface area contributed by atoms with E-state index >= 15 is 0 Å². The van der Waals surface area contributed by atoms with Crippen LogP contribution in [0.15, 0.2) is 22.7 Å². The van der Waals surface area contributed by atoms with Crippen molar-refractivity contribution in [2.24, 2.45) is 0 Å². The van der Waals surface area contributed by atoms with E-state index < -0.39 is 5.60 Å².